The van der Waals surface area contributed by atoms with E-state index in [4.69, 9.17) is 0 Å². The number of carbonyl (C=O) groups is 1. The van der Waals surface area contributed by atoms with Crippen molar-refractivity contribution in [3.63, 3.8) is 0 Å². The van der Waals surface area contributed by atoms with E-state index in [1.54, 1.807) is 6.92 Å². The summed E-state index contributed by atoms with van der Waals surface area (Å²) in [5.41, 5.74) is 4.07. The first-order chi connectivity index (χ1) is 15.1. The number of fused-ring (bicyclic) bond motifs is 1. The number of nitrogens with zero attached hydrogens (tertiary/aromatic N) is 2. The van der Waals surface area contributed by atoms with E-state index < -0.39 is 27.4 Å². The van der Waals surface area contributed by atoms with Gasteiger partial charge in [-0.1, -0.05) is 31.2 Å². The van der Waals surface area contributed by atoms with Gasteiger partial charge in [-0.15, -0.1) is 0 Å². The Balaban J connectivity index is 1.83. The quantitative estimate of drug-likeness (QED) is 0.477. The summed E-state index contributed by atoms with van der Waals surface area (Å²) in [7, 11) is -3.85. The SMILES string of the molecule is CCC(NC(=O)CN(c1cc([N+](=O)[O-])ccc1C)S(C)(=O)=O)c1ccc2c(c1)CCCC2. The highest BCUT2D eigenvalue weighted by atomic mass is 32.2. The average molecular weight is 460 g/mol. The molecule has 1 unspecified atom stereocenters. The number of rotatable bonds is 8. The minimum atomic E-state index is -3.85. The number of non-ortho nitro benzene ring substituents is 1. The molecule has 3 rings (SSSR count). The van der Waals surface area contributed by atoms with Crippen LogP contribution in [0.15, 0.2) is 36.4 Å². The fraction of sp³-hybridized carbons (Fsp3) is 0.435. The van der Waals surface area contributed by atoms with Crippen molar-refractivity contribution in [2.24, 2.45) is 0 Å². The van der Waals surface area contributed by atoms with E-state index in [1.165, 1.54) is 35.7 Å². The second-order valence-electron chi connectivity index (χ2n) is 8.26. The van der Waals surface area contributed by atoms with Gasteiger partial charge in [0.05, 0.1) is 22.9 Å². The van der Waals surface area contributed by atoms with Crippen LogP contribution < -0.4 is 9.62 Å². The Morgan fingerprint density at radius 2 is 1.84 bits per heavy atom. The summed E-state index contributed by atoms with van der Waals surface area (Å²) in [4.78, 5) is 23.5. The Morgan fingerprint density at radius 1 is 1.16 bits per heavy atom. The van der Waals surface area contributed by atoms with E-state index >= 15 is 0 Å². The molecule has 0 saturated heterocycles. The number of nitro benzene ring substituents is 1. The van der Waals surface area contributed by atoms with E-state index in [0.717, 1.165) is 35.4 Å². The van der Waals surface area contributed by atoms with Gasteiger partial charge < -0.3 is 5.32 Å². The molecule has 1 N–H and O–H groups in total. The Kier molecular flexibility index (Phi) is 7.18. The zero-order chi connectivity index (χ0) is 23.5. The largest absolute Gasteiger partial charge is 0.348 e. The van der Waals surface area contributed by atoms with Crippen molar-refractivity contribution in [1.82, 2.24) is 5.32 Å². The highest BCUT2D eigenvalue weighted by molar-refractivity contribution is 7.92. The van der Waals surface area contributed by atoms with Crippen LogP contribution in [0.25, 0.3) is 0 Å². The van der Waals surface area contributed by atoms with E-state index in [9.17, 15) is 23.3 Å². The molecule has 32 heavy (non-hydrogen) atoms. The van der Waals surface area contributed by atoms with E-state index in [0.29, 0.717) is 12.0 Å². The molecule has 0 aliphatic heterocycles. The highest BCUT2D eigenvalue weighted by Crippen LogP contribution is 2.28. The van der Waals surface area contributed by atoms with Crippen LogP contribution in [0.5, 0.6) is 0 Å². The molecule has 0 aromatic heterocycles. The molecule has 2 aromatic rings. The minimum absolute atomic E-state index is 0.124. The molecule has 1 aliphatic rings. The van der Waals surface area contributed by atoms with Gasteiger partial charge in [0.15, 0.2) is 0 Å². The van der Waals surface area contributed by atoms with Crippen LogP contribution in [0.4, 0.5) is 11.4 Å². The number of benzene rings is 2. The number of anilines is 1. The van der Waals surface area contributed by atoms with Crippen LogP contribution in [-0.4, -0.2) is 32.0 Å². The molecule has 0 spiro atoms. The van der Waals surface area contributed by atoms with Crippen LogP contribution in [0, 0.1) is 17.0 Å². The molecule has 2 aromatic carbocycles. The smallest absolute Gasteiger partial charge is 0.271 e. The van der Waals surface area contributed by atoms with Crippen LogP contribution in [-0.2, 0) is 27.7 Å². The fourth-order valence-corrected chi connectivity index (χ4v) is 5.03. The summed E-state index contributed by atoms with van der Waals surface area (Å²) in [6.07, 6.45) is 6.09. The molecule has 1 amide bonds. The molecule has 0 fully saturated rings. The lowest BCUT2D eigenvalue weighted by Gasteiger charge is -2.26. The standard InChI is InChI=1S/C23H29N3O5S/c1-4-21(19-11-10-17-7-5-6-8-18(17)13-19)24-23(27)15-25(32(3,30)31)22-14-20(26(28)29)12-9-16(22)2/h9-14,21H,4-8,15H2,1-3H3,(H,24,27). The molecule has 1 aliphatic carbocycles. The number of hydrogen-bond donors (Lipinski definition) is 1. The third kappa shape index (κ3) is 5.45. The Bertz CT molecular complexity index is 1130. The van der Waals surface area contributed by atoms with Gasteiger partial charge in [-0.2, -0.15) is 0 Å². The first kappa shape index (κ1) is 23.7. The molecular weight excluding hydrogens is 430 g/mol. The molecule has 0 bridgehead atoms. The molecule has 0 heterocycles. The topological polar surface area (TPSA) is 110 Å². The first-order valence-electron chi connectivity index (χ1n) is 10.7. The van der Waals surface area contributed by atoms with Gasteiger partial charge in [0, 0.05) is 12.1 Å². The Hall–Kier alpha value is -2.94. The van der Waals surface area contributed by atoms with Gasteiger partial charge >= 0.3 is 0 Å². The number of aryl methyl sites for hydroxylation is 3. The van der Waals surface area contributed by atoms with Crippen molar-refractivity contribution in [2.45, 2.75) is 52.0 Å². The van der Waals surface area contributed by atoms with Crippen molar-refractivity contribution in [3.05, 3.63) is 68.8 Å². The third-order valence-electron chi connectivity index (χ3n) is 5.88. The van der Waals surface area contributed by atoms with Gasteiger partial charge in [-0.05, 0) is 61.3 Å². The van der Waals surface area contributed by atoms with Crippen molar-refractivity contribution in [2.75, 3.05) is 17.1 Å². The van der Waals surface area contributed by atoms with Crippen LogP contribution in [0.2, 0.25) is 0 Å². The van der Waals surface area contributed by atoms with Gasteiger partial charge in [-0.3, -0.25) is 19.2 Å². The number of amides is 1. The molecule has 172 valence electrons. The third-order valence-corrected chi connectivity index (χ3v) is 7.00. The summed E-state index contributed by atoms with van der Waals surface area (Å²) < 4.78 is 25.8. The molecular formula is C23H29N3O5S. The fourth-order valence-electron chi connectivity index (χ4n) is 4.12. The summed E-state index contributed by atoms with van der Waals surface area (Å²) in [5.74, 6) is -0.467. The summed E-state index contributed by atoms with van der Waals surface area (Å²) in [6.45, 7) is 3.16. The van der Waals surface area contributed by atoms with Crippen molar-refractivity contribution < 1.29 is 18.1 Å². The molecule has 1 atom stereocenters. The normalized spacial score (nSPS) is 14.3. The Labute approximate surface area is 188 Å². The lowest BCUT2D eigenvalue weighted by Crippen LogP contribution is -2.41. The lowest BCUT2D eigenvalue weighted by molar-refractivity contribution is -0.384. The van der Waals surface area contributed by atoms with E-state index in [2.05, 4.69) is 17.4 Å². The molecule has 9 heteroatoms. The number of carbonyl (C=O) groups excluding carboxylic acids is 1. The molecule has 8 nitrogen and oxygen atoms in total. The zero-order valence-corrected chi connectivity index (χ0v) is 19.4. The number of nitrogens with one attached hydrogen (secondary N) is 1. The van der Waals surface area contributed by atoms with Crippen molar-refractivity contribution in [1.29, 1.82) is 0 Å². The maximum Gasteiger partial charge on any atom is 0.271 e. The Morgan fingerprint density at radius 3 is 2.47 bits per heavy atom. The molecule has 0 radical (unpaired) electrons. The van der Waals surface area contributed by atoms with Crippen LogP contribution in [0.1, 0.15) is 54.5 Å². The summed E-state index contributed by atoms with van der Waals surface area (Å²) in [5, 5.41) is 14.1. The highest BCUT2D eigenvalue weighted by Gasteiger charge is 2.25. The minimum Gasteiger partial charge on any atom is -0.348 e. The maximum atomic E-state index is 12.9. The molecule has 0 saturated carbocycles. The second-order valence-corrected chi connectivity index (χ2v) is 10.2. The van der Waals surface area contributed by atoms with Crippen molar-refractivity contribution in [3.8, 4) is 0 Å². The van der Waals surface area contributed by atoms with Crippen LogP contribution in [0.3, 0.4) is 0 Å². The monoisotopic (exact) mass is 459 g/mol. The lowest BCUT2D eigenvalue weighted by atomic mass is 9.89. The number of sulfonamides is 1. The maximum absolute atomic E-state index is 12.9. The second kappa shape index (κ2) is 9.68. The first-order valence-corrected chi connectivity index (χ1v) is 12.6. The number of hydrogen-bond acceptors (Lipinski definition) is 5. The van der Waals surface area contributed by atoms with E-state index in [-0.39, 0.29) is 17.4 Å². The van der Waals surface area contributed by atoms with Crippen LogP contribution >= 0.6 is 0 Å². The zero-order valence-electron chi connectivity index (χ0n) is 18.6. The number of nitro groups is 1. The predicted molar refractivity (Wildman–Crippen MR) is 124 cm³/mol. The summed E-state index contributed by atoms with van der Waals surface area (Å²) in [6, 6.07) is 10.0. The average Bonchev–Trinajstić information content (AvgIpc) is 2.75. The van der Waals surface area contributed by atoms with Crippen molar-refractivity contribution >= 4 is 27.3 Å². The van der Waals surface area contributed by atoms with Gasteiger partial charge in [0.2, 0.25) is 15.9 Å². The predicted octanol–water partition coefficient (Wildman–Crippen LogP) is 3.82. The summed E-state index contributed by atoms with van der Waals surface area (Å²) >= 11 is 0. The van der Waals surface area contributed by atoms with Gasteiger partial charge in [0.1, 0.15) is 6.54 Å². The van der Waals surface area contributed by atoms with Gasteiger partial charge in [-0.25, -0.2) is 8.42 Å². The van der Waals surface area contributed by atoms with Gasteiger partial charge in [0.25, 0.3) is 5.69 Å². The van der Waals surface area contributed by atoms with E-state index in [1.807, 2.05) is 13.0 Å².